The van der Waals surface area contributed by atoms with Crippen LogP contribution >= 0.6 is 24.0 Å². The number of likely N-dealkylation sites (tertiary alicyclic amines) is 1. The Hall–Kier alpha value is -1.07. The van der Waals surface area contributed by atoms with Crippen LogP contribution in [0.3, 0.4) is 0 Å². The van der Waals surface area contributed by atoms with Crippen LogP contribution in [0.2, 0.25) is 0 Å². The minimum absolute atomic E-state index is 0.0840. The SMILES string of the molecule is CC1CCN(C(=S)SC2CCc3ccccc3NC2=O)CC1. The quantitative estimate of drug-likeness (QED) is 0.794. The van der Waals surface area contributed by atoms with Gasteiger partial charge in [0.25, 0.3) is 0 Å². The summed E-state index contributed by atoms with van der Waals surface area (Å²) < 4.78 is 0.887. The highest BCUT2D eigenvalue weighted by Crippen LogP contribution is 2.29. The smallest absolute Gasteiger partial charge is 0.237 e. The van der Waals surface area contributed by atoms with Gasteiger partial charge in [-0.2, -0.15) is 0 Å². The highest BCUT2D eigenvalue weighted by Gasteiger charge is 2.27. The zero-order chi connectivity index (χ0) is 15.5. The molecule has 3 nitrogen and oxygen atoms in total. The van der Waals surface area contributed by atoms with Crippen LogP contribution < -0.4 is 5.32 Å². The summed E-state index contributed by atoms with van der Waals surface area (Å²) in [7, 11) is 0. The lowest BCUT2D eigenvalue weighted by molar-refractivity contribution is -0.115. The molecule has 1 unspecified atom stereocenters. The van der Waals surface area contributed by atoms with Crippen LogP contribution in [-0.4, -0.2) is 33.5 Å². The van der Waals surface area contributed by atoms with Crippen LogP contribution in [0.15, 0.2) is 24.3 Å². The molecule has 0 aromatic heterocycles. The third kappa shape index (κ3) is 3.63. The zero-order valence-electron chi connectivity index (χ0n) is 12.9. The van der Waals surface area contributed by atoms with Gasteiger partial charge in [-0.1, -0.05) is 49.1 Å². The number of carbonyl (C=O) groups is 1. The molecule has 1 N–H and O–H groups in total. The molecule has 0 bridgehead atoms. The van der Waals surface area contributed by atoms with Crippen molar-refractivity contribution in [1.82, 2.24) is 4.90 Å². The van der Waals surface area contributed by atoms with Gasteiger partial charge in [-0.3, -0.25) is 4.79 Å². The van der Waals surface area contributed by atoms with E-state index in [2.05, 4.69) is 23.2 Å². The molecule has 5 heteroatoms. The maximum atomic E-state index is 12.4. The van der Waals surface area contributed by atoms with E-state index in [0.29, 0.717) is 0 Å². The Morgan fingerprint density at radius 3 is 2.77 bits per heavy atom. The molecule has 0 radical (unpaired) electrons. The maximum Gasteiger partial charge on any atom is 0.237 e. The Kier molecular flexibility index (Phi) is 5.03. The van der Waals surface area contributed by atoms with Gasteiger partial charge < -0.3 is 10.2 Å². The summed E-state index contributed by atoms with van der Waals surface area (Å²) in [6.45, 7) is 4.35. The van der Waals surface area contributed by atoms with E-state index in [1.165, 1.54) is 18.4 Å². The number of amides is 1. The van der Waals surface area contributed by atoms with E-state index >= 15 is 0 Å². The highest BCUT2D eigenvalue weighted by atomic mass is 32.2. The van der Waals surface area contributed by atoms with Crippen LogP contribution in [0.5, 0.6) is 0 Å². The topological polar surface area (TPSA) is 32.3 Å². The molecule has 22 heavy (non-hydrogen) atoms. The molecular weight excluding hydrogens is 312 g/mol. The average Bonchev–Trinajstić information content (AvgIpc) is 2.67. The Balaban J connectivity index is 1.61. The van der Waals surface area contributed by atoms with Crippen molar-refractivity contribution < 1.29 is 4.79 Å². The number of piperidine rings is 1. The summed E-state index contributed by atoms with van der Waals surface area (Å²) in [4.78, 5) is 14.7. The van der Waals surface area contributed by atoms with E-state index in [9.17, 15) is 4.79 Å². The van der Waals surface area contributed by atoms with E-state index < -0.39 is 0 Å². The number of thiocarbonyl (C=S) groups is 1. The average molecular weight is 335 g/mol. The van der Waals surface area contributed by atoms with Gasteiger partial charge >= 0.3 is 0 Å². The number of aryl methyl sites for hydroxylation is 1. The number of carbonyl (C=O) groups excluding carboxylic acids is 1. The summed E-state index contributed by atoms with van der Waals surface area (Å²) >= 11 is 7.15. The molecule has 0 saturated carbocycles. The van der Waals surface area contributed by atoms with Crippen molar-refractivity contribution in [3.8, 4) is 0 Å². The molecule has 3 rings (SSSR count). The number of benzene rings is 1. The van der Waals surface area contributed by atoms with Crippen LogP contribution in [0.1, 0.15) is 31.7 Å². The lowest BCUT2D eigenvalue weighted by Crippen LogP contribution is -2.37. The molecule has 1 fully saturated rings. The normalized spacial score (nSPS) is 22.7. The van der Waals surface area contributed by atoms with Gasteiger partial charge in [0.05, 0.1) is 5.25 Å². The summed E-state index contributed by atoms with van der Waals surface area (Å²) in [6, 6.07) is 8.06. The number of nitrogens with zero attached hydrogens (tertiary/aromatic N) is 1. The minimum Gasteiger partial charge on any atom is -0.357 e. The van der Waals surface area contributed by atoms with Crippen LogP contribution in [0.4, 0.5) is 5.69 Å². The first-order valence-corrected chi connectivity index (χ1v) is 9.26. The fraction of sp³-hybridized carbons (Fsp3) is 0.529. The van der Waals surface area contributed by atoms with Crippen molar-refractivity contribution in [1.29, 1.82) is 0 Å². The molecular formula is C17H22N2OS2. The van der Waals surface area contributed by atoms with E-state index in [1.54, 1.807) is 11.8 Å². The lowest BCUT2D eigenvalue weighted by Gasteiger charge is -2.32. The number of fused-ring (bicyclic) bond motifs is 1. The van der Waals surface area contributed by atoms with Crippen LogP contribution in [0, 0.1) is 5.92 Å². The van der Waals surface area contributed by atoms with Gasteiger partial charge in [0.2, 0.25) is 5.91 Å². The monoisotopic (exact) mass is 334 g/mol. The predicted molar refractivity (Wildman–Crippen MR) is 97.3 cm³/mol. The number of rotatable bonds is 1. The largest absolute Gasteiger partial charge is 0.357 e. The van der Waals surface area contributed by atoms with Gasteiger partial charge in [-0.15, -0.1) is 0 Å². The molecule has 2 heterocycles. The third-order valence-electron chi connectivity index (χ3n) is 4.53. The predicted octanol–water partition coefficient (Wildman–Crippen LogP) is 3.69. The number of hydrogen-bond donors (Lipinski definition) is 1. The Bertz CT molecular complexity index is 568. The van der Waals surface area contributed by atoms with Crippen molar-refractivity contribution in [2.24, 2.45) is 5.92 Å². The van der Waals surface area contributed by atoms with Gasteiger partial charge in [0.15, 0.2) is 0 Å². The van der Waals surface area contributed by atoms with Crippen molar-refractivity contribution >= 4 is 39.9 Å². The fourth-order valence-electron chi connectivity index (χ4n) is 2.99. The number of anilines is 1. The molecule has 1 aromatic rings. The second-order valence-electron chi connectivity index (χ2n) is 6.23. The summed E-state index contributed by atoms with van der Waals surface area (Å²) in [5, 5.41) is 2.97. The van der Waals surface area contributed by atoms with Gasteiger partial charge in [-0.05, 0) is 43.2 Å². The second kappa shape index (κ2) is 7.01. The number of nitrogens with one attached hydrogen (secondary N) is 1. The molecule has 1 amide bonds. The van der Waals surface area contributed by atoms with E-state index in [0.717, 1.165) is 41.9 Å². The molecule has 0 aliphatic carbocycles. The molecule has 1 atom stereocenters. The molecule has 2 aliphatic heterocycles. The Labute approximate surface area is 141 Å². The third-order valence-corrected chi connectivity index (χ3v) is 6.27. The summed E-state index contributed by atoms with van der Waals surface area (Å²) in [5.41, 5.74) is 2.17. The summed E-state index contributed by atoms with van der Waals surface area (Å²) in [6.07, 6.45) is 4.16. The van der Waals surface area contributed by atoms with Crippen LogP contribution in [-0.2, 0) is 11.2 Å². The van der Waals surface area contributed by atoms with E-state index in [1.807, 2.05) is 18.2 Å². The molecule has 1 saturated heterocycles. The Morgan fingerprint density at radius 2 is 2.00 bits per heavy atom. The van der Waals surface area contributed by atoms with Crippen molar-refractivity contribution in [3.63, 3.8) is 0 Å². The standard InChI is InChI=1S/C17H22N2OS2/c1-12-8-10-19(11-9-12)17(21)22-15-7-6-13-4-2-3-5-14(13)18-16(15)20/h2-5,12,15H,6-11H2,1H3,(H,18,20). The second-order valence-corrected chi connectivity index (χ2v) is 8.06. The van der Waals surface area contributed by atoms with Gasteiger partial charge in [-0.25, -0.2) is 0 Å². The van der Waals surface area contributed by atoms with Crippen molar-refractivity contribution in [2.75, 3.05) is 18.4 Å². The molecule has 2 aliphatic rings. The first-order chi connectivity index (χ1) is 10.6. The number of thioether (sulfide) groups is 1. The number of hydrogen-bond acceptors (Lipinski definition) is 3. The van der Waals surface area contributed by atoms with E-state index in [-0.39, 0.29) is 11.2 Å². The first kappa shape index (κ1) is 15.8. The van der Waals surface area contributed by atoms with E-state index in [4.69, 9.17) is 12.2 Å². The number of para-hydroxylation sites is 1. The fourth-order valence-corrected chi connectivity index (χ4v) is 4.50. The molecule has 0 spiro atoms. The maximum absolute atomic E-state index is 12.4. The molecule has 1 aromatic carbocycles. The van der Waals surface area contributed by atoms with Crippen molar-refractivity contribution in [3.05, 3.63) is 29.8 Å². The minimum atomic E-state index is -0.0840. The van der Waals surface area contributed by atoms with Crippen LogP contribution in [0.25, 0.3) is 0 Å². The lowest BCUT2D eigenvalue weighted by atomic mass is 10.00. The highest BCUT2D eigenvalue weighted by molar-refractivity contribution is 8.23. The van der Waals surface area contributed by atoms with Gasteiger partial charge in [0.1, 0.15) is 4.32 Å². The Morgan fingerprint density at radius 1 is 1.27 bits per heavy atom. The van der Waals surface area contributed by atoms with Gasteiger partial charge in [0, 0.05) is 18.8 Å². The first-order valence-electron chi connectivity index (χ1n) is 7.98. The molecule has 118 valence electrons. The zero-order valence-corrected chi connectivity index (χ0v) is 14.5. The van der Waals surface area contributed by atoms with Crippen molar-refractivity contribution in [2.45, 2.75) is 37.9 Å². The summed E-state index contributed by atoms with van der Waals surface area (Å²) in [5.74, 6) is 0.877.